The molecule has 1 spiro atoms. The summed E-state index contributed by atoms with van der Waals surface area (Å²) in [4.78, 5) is 11.6. The van der Waals surface area contributed by atoms with Crippen molar-refractivity contribution in [3.8, 4) is 0 Å². The van der Waals surface area contributed by atoms with Crippen LogP contribution in [-0.2, 0) is 4.79 Å². The third-order valence-electron chi connectivity index (χ3n) is 5.93. The third kappa shape index (κ3) is 3.84. The molecule has 0 N–H and O–H groups in total. The number of hydrogen-bond donors (Lipinski definition) is 0. The van der Waals surface area contributed by atoms with E-state index < -0.39 is 4.99 Å². The zero-order valence-corrected chi connectivity index (χ0v) is 20.5. The molecule has 0 aromatic heterocycles. The van der Waals surface area contributed by atoms with Crippen LogP contribution in [-0.4, -0.2) is 21.5 Å². The van der Waals surface area contributed by atoms with E-state index in [4.69, 9.17) is 10.2 Å². The van der Waals surface area contributed by atoms with Crippen molar-refractivity contribution in [3.63, 3.8) is 0 Å². The van der Waals surface area contributed by atoms with Crippen molar-refractivity contribution in [1.29, 1.82) is 0 Å². The topological polar surface area (TPSA) is 48.3 Å². The molecule has 5 rings (SSSR count). The number of carbonyl (C=O) groups excluding carboxylic acids is 1. The minimum absolute atomic E-state index is 0.0646. The molecule has 1 atom stereocenters. The molecule has 170 valence electrons. The molecule has 3 aromatic rings. The highest BCUT2D eigenvalue weighted by atomic mass is 32.2. The standard InChI is InChI=1S/C28H26N4OS/c1-19-9-8-12-24(17-19)32-28(34-27(30-32)22(4)33)16-15-26(25-18-20(2)13-14-21(25)3)29-31(28)23-10-6-5-7-11-23/h5-18H,1-4H3/t28-/m1/s1. The molecule has 2 aliphatic heterocycles. The van der Waals surface area contributed by atoms with Crippen molar-refractivity contribution >= 4 is 39.7 Å². The number of aryl methyl sites for hydroxylation is 3. The molecule has 3 aromatic carbocycles. The number of anilines is 2. The lowest BCUT2D eigenvalue weighted by molar-refractivity contribution is -0.110. The van der Waals surface area contributed by atoms with Gasteiger partial charge in [-0.2, -0.15) is 10.2 Å². The molecule has 0 saturated heterocycles. The number of hydrazone groups is 2. The van der Waals surface area contributed by atoms with Gasteiger partial charge in [-0.15, -0.1) is 0 Å². The predicted molar refractivity (Wildman–Crippen MR) is 143 cm³/mol. The van der Waals surface area contributed by atoms with Gasteiger partial charge in [0.25, 0.3) is 0 Å². The van der Waals surface area contributed by atoms with Crippen LogP contribution in [0.25, 0.3) is 0 Å². The normalized spacial score (nSPS) is 19.4. The maximum absolute atomic E-state index is 12.5. The summed E-state index contributed by atoms with van der Waals surface area (Å²) in [6.45, 7) is 7.80. The summed E-state index contributed by atoms with van der Waals surface area (Å²) in [7, 11) is 0. The lowest BCUT2D eigenvalue weighted by Gasteiger charge is -2.43. The van der Waals surface area contributed by atoms with Gasteiger partial charge in [-0.1, -0.05) is 48.0 Å². The Bertz CT molecular complexity index is 1360. The van der Waals surface area contributed by atoms with Gasteiger partial charge in [0.1, 0.15) is 0 Å². The monoisotopic (exact) mass is 466 g/mol. The maximum atomic E-state index is 12.5. The second kappa shape index (κ2) is 8.61. The summed E-state index contributed by atoms with van der Waals surface area (Å²) < 4.78 is 0. The minimum Gasteiger partial charge on any atom is -0.292 e. The summed E-state index contributed by atoms with van der Waals surface area (Å²) in [5, 5.41) is 14.3. The minimum atomic E-state index is -0.850. The van der Waals surface area contributed by atoms with E-state index in [0.29, 0.717) is 5.04 Å². The van der Waals surface area contributed by atoms with Crippen LogP contribution in [0.5, 0.6) is 0 Å². The van der Waals surface area contributed by atoms with Crippen molar-refractivity contribution in [2.45, 2.75) is 32.7 Å². The Kier molecular flexibility index (Phi) is 5.62. The molecule has 0 amide bonds. The lowest BCUT2D eigenvalue weighted by Crippen LogP contribution is -2.53. The third-order valence-corrected chi connectivity index (χ3v) is 7.27. The van der Waals surface area contributed by atoms with Crippen molar-refractivity contribution in [1.82, 2.24) is 0 Å². The summed E-state index contributed by atoms with van der Waals surface area (Å²) in [5.41, 5.74) is 7.24. The summed E-state index contributed by atoms with van der Waals surface area (Å²) >= 11 is 1.42. The first-order chi connectivity index (χ1) is 16.4. The van der Waals surface area contributed by atoms with Crippen LogP contribution in [0.1, 0.15) is 29.2 Å². The fraction of sp³-hybridized carbons (Fsp3) is 0.179. The Morgan fingerprint density at radius 2 is 1.53 bits per heavy atom. The van der Waals surface area contributed by atoms with Crippen LogP contribution in [0.15, 0.2) is 95.2 Å². The van der Waals surface area contributed by atoms with E-state index >= 15 is 0 Å². The fourth-order valence-corrected chi connectivity index (χ4v) is 5.34. The van der Waals surface area contributed by atoms with Crippen molar-refractivity contribution in [2.24, 2.45) is 10.2 Å². The van der Waals surface area contributed by atoms with Crippen molar-refractivity contribution in [3.05, 3.63) is 107 Å². The largest absolute Gasteiger partial charge is 0.292 e. The Labute approximate surface area is 204 Å². The van der Waals surface area contributed by atoms with Crippen LogP contribution in [0.4, 0.5) is 11.4 Å². The number of carbonyl (C=O) groups is 1. The molecule has 0 aliphatic carbocycles. The van der Waals surface area contributed by atoms with Gasteiger partial charge in [-0.3, -0.25) is 4.79 Å². The lowest BCUT2D eigenvalue weighted by atomic mass is 10.00. The second-order valence-corrected chi connectivity index (χ2v) is 9.85. The molecule has 5 nitrogen and oxygen atoms in total. The number of rotatable bonds is 4. The van der Waals surface area contributed by atoms with Crippen molar-refractivity contribution < 1.29 is 4.79 Å². The molecule has 0 fully saturated rings. The molecule has 0 radical (unpaired) electrons. The molecule has 2 aliphatic rings. The highest BCUT2D eigenvalue weighted by molar-refractivity contribution is 8.17. The highest BCUT2D eigenvalue weighted by Gasteiger charge is 2.51. The van der Waals surface area contributed by atoms with Gasteiger partial charge in [0.2, 0.25) is 4.99 Å². The SMILES string of the molecule is CC(=O)C1=NN(c2cccc(C)c2)[C@]2(C=CC(c3cc(C)ccc3C)=NN2c2ccccc2)S1. The fourth-order valence-electron chi connectivity index (χ4n) is 4.19. The average Bonchev–Trinajstić information content (AvgIpc) is 3.22. The number of allylic oxidation sites excluding steroid dienone is 1. The number of nitrogens with zero attached hydrogens (tertiary/aromatic N) is 4. The smallest absolute Gasteiger partial charge is 0.227 e. The van der Waals surface area contributed by atoms with Crippen molar-refractivity contribution in [2.75, 3.05) is 10.0 Å². The summed E-state index contributed by atoms with van der Waals surface area (Å²) in [6, 6.07) is 24.6. The predicted octanol–water partition coefficient (Wildman–Crippen LogP) is 6.20. The van der Waals surface area contributed by atoms with E-state index in [0.717, 1.165) is 33.8 Å². The van der Waals surface area contributed by atoms with Gasteiger partial charge in [0.05, 0.1) is 17.1 Å². The van der Waals surface area contributed by atoms with Gasteiger partial charge >= 0.3 is 0 Å². The molecular formula is C28H26N4OS. The molecule has 0 bridgehead atoms. The molecule has 6 heteroatoms. The van der Waals surface area contributed by atoms with Crippen LogP contribution in [0, 0.1) is 20.8 Å². The van der Waals surface area contributed by atoms with Gasteiger partial charge in [0.15, 0.2) is 10.8 Å². The van der Waals surface area contributed by atoms with Gasteiger partial charge < -0.3 is 0 Å². The van der Waals surface area contributed by atoms with Crippen LogP contribution < -0.4 is 10.0 Å². The quantitative estimate of drug-likeness (QED) is 0.459. The number of hydrogen-bond acceptors (Lipinski definition) is 6. The molecule has 34 heavy (non-hydrogen) atoms. The van der Waals surface area contributed by atoms with E-state index in [1.54, 1.807) is 6.92 Å². The van der Waals surface area contributed by atoms with E-state index in [9.17, 15) is 4.79 Å². The first kappa shape index (κ1) is 22.2. The maximum Gasteiger partial charge on any atom is 0.227 e. The highest BCUT2D eigenvalue weighted by Crippen LogP contribution is 2.48. The van der Waals surface area contributed by atoms with E-state index in [-0.39, 0.29) is 5.78 Å². The number of benzene rings is 3. The first-order valence-electron chi connectivity index (χ1n) is 11.2. The summed E-state index contributed by atoms with van der Waals surface area (Å²) in [6.07, 6.45) is 4.16. The zero-order chi connectivity index (χ0) is 23.9. The Morgan fingerprint density at radius 3 is 2.26 bits per heavy atom. The van der Waals surface area contributed by atoms with E-state index in [1.165, 1.54) is 17.3 Å². The second-order valence-electron chi connectivity index (χ2n) is 8.66. The number of para-hydroxylation sites is 1. The Balaban J connectivity index is 1.70. The first-order valence-corrected chi connectivity index (χ1v) is 12.1. The Hall–Kier alpha value is -3.64. The van der Waals surface area contributed by atoms with Crippen LogP contribution in [0.3, 0.4) is 0 Å². The number of ketones is 1. The number of thioether (sulfide) groups is 1. The van der Waals surface area contributed by atoms with Gasteiger partial charge in [-0.25, -0.2) is 10.0 Å². The van der Waals surface area contributed by atoms with E-state index in [2.05, 4.69) is 63.3 Å². The van der Waals surface area contributed by atoms with Crippen LogP contribution in [0.2, 0.25) is 0 Å². The Morgan fingerprint density at radius 1 is 0.824 bits per heavy atom. The average molecular weight is 467 g/mol. The number of Topliss-reactive ketones (excluding diaryl/α,β-unsaturated/α-hetero) is 1. The molecule has 0 unspecified atom stereocenters. The van der Waals surface area contributed by atoms with E-state index in [1.807, 2.05) is 52.5 Å². The molecule has 2 heterocycles. The van der Waals surface area contributed by atoms with Crippen LogP contribution >= 0.6 is 11.8 Å². The summed E-state index contributed by atoms with van der Waals surface area (Å²) in [5.74, 6) is -0.0646. The van der Waals surface area contributed by atoms with Gasteiger partial charge in [-0.05, 0) is 86.1 Å². The van der Waals surface area contributed by atoms with Gasteiger partial charge in [0, 0.05) is 12.5 Å². The molecular weight excluding hydrogens is 440 g/mol. The molecule has 0 saturated carbocycles. The zero-order valence-electron chi connectivity index (χ0n) is 19.7.